The fourth-order valence-corrected chi connectivity index (χ4v) is 1.55. The number of halogens is 1. The molecule has 2 unspecified atom stereocenters. The van der Waals surface area contributed by atoms with Crippen LogP contribution in [0.25, 0.3) is 0 Å². The van der Waals surface area contributed by atoms with Crippen LogP contribution in [0.5, 0.6) is 0 Å². The van der Waals surface area contributed by atoms with Crippen LogP contribution in [-0.4, -0.2) is 17.5 Å². The molecule has 0 radical (unpaired) electrons. The van der Waals surface area contributed by atoms with Crippen molar-refractivity contribution >= 4 is 15.9 Å². The third kappa shape index (κ3) is 4.81. The second-order valence-corrected chi connectivity index (χ2v) is 3.88. The molecule has 0 aromatic heterocycles. The summed E-state index contributed by atoms with van der Waals surface area (Å²) < 4.78 is 5.59. The highest BCUT2D eigenvalue weighted by atomic mass is 79.9. The van der Waals surface area contributed by atoms with E-state index in [1.54, 1.807) is 0 Å². The lowest BCUT2D eigenvalue weighted by Crippen LogP contribution is -2.23. The van der Waals surface area contributed by atoms with Gasteiger partial charge in [-0.2, -0.15) is 0 Å². The number of hydrogen-bond donors (Lipinski definition) is 0. The summed E-state index contributed by atoms with van der Waals surface area (Å²) in [7, 11) is 0. The van der Waals surface area contributed by atoms with Crippen molar-refractivity contribution in [1.82, 2.24) is 0 Å². The van der Waals surface area contributed by atoms with Gasteiger partial charge in [0.2, 0.25) is 0 Å². The average Bonchev–Trinajstić information content (AvgIpc) is 2.03. The Morgan fingerprint density at radius 3 is 2.27 bits per heavy atom. The Hall–Kier alpha value is 0.440. The lowest BCUT2D eigenvalue weighted by molar-refractivity contribution is 0.0553. The van der Waals surface area contributed by atoms with E-state index in [0.29, 0.717) is 10.9 Å². The van der Waals surface area contributed by atoms with Crippen molar-refractivity contribution in [3.8, 4) is 0 Å². The van der Waals surface area contributed by atoms with E-state index in [-0.39, 0.29) is 0 Å². The topological polar surface area (TPSA) is 9.23 Å². The van der Waals surface area contributed by atoms with E-state index >= 15 is 0 Å². The third-order valence-corrected chi connectivity index (χ3v) is 2.98. The molecule has 11 heavy (non-hydrogen) atoms. The third-order valence-electron chi connectivity index (χ3n) is 1.75. The summed E-state index contributed by atoms with van der Waals surface area (Å²) in [4.78, 5) is 0.530. The van der Waals surface area contributed by atoms with E-state index in [2.05, 4.69) is 36.7 Å². The summed E-state index contributed by atoms with van der Waals surface area (Å²) in [6.07, 6.45) is 3.92. The van der Waals surface area contributed by atoms with Crippen LogP contribution in [0.3, 0.4) is 0 Å². The van der Waals surface area contributed by atoms with Crippen LogP contribution in [0.15, 0.2) is 0 Å². The van der Waals surface area contributed by atoms with Gasteiger partial charge < -0.3 is 4.74 Å². The molecule has 0 N–H and O–H groups in total. The van der Waals surface area contributed by atoms with Gasteiger partial charge in [0, 0.05) is 11.4 Å². The molecule has 0 saturated carbocycles. The smallest absolute Gasteiger partial charge is 0.0699 e. The molecule has 0 aromatic carbocycles. The maximum Gasteiger partial charge on any atom is 0.0699 e. The molecule has 1 nitrogen and oxygen atoms in total. The standard InChI is InChI=1S/C9H19BrO/c1-4-7-9(11-6-3)8(10)5-2/h8-9H,4-7H2,1-3H3. The lowest BCUT2D eigenvalue weighted by atomic mass is 10.1. The van der Waals surface area contributed by atoms with E-state index in [1.807, 2.05) is 0 Å². The Morgan fingerprint density at radius 1 is 1.27 bits per heavy atom. The molecule has 2 atom stereocenters. The molecule has 0 aliphatic carbocycles. The van der Waals surface area contributed by atoms with Gasteiger partial charge in [-0.1, -0.05) is 36.2 Å². The second-order valence-electron chi connectivity index (χ2n) is 2.71. The maximum atomic E-state index is 5.59. The Kier molecular flexibility index (Phi) is 7.39. The van der Waals surface area contributed by atoms with Crippen LogP contribution in [-0.2, 0) is 4.74 Å². The second kappa shape index (κ2) is 7.11. The zero-order chi connectivity index (χ0) is 8.69. The summed E-state index contributed by atoms with van der Waals surface area (Å²) in [5.74, 6) is 0. The predicted molar refractivity (Wildman–Crippen MR) is 53.3 cm³/mol. The van der Waals surface area contributed by atoms with Crippen LogP contribution in [0, 0.1) is 0 Å². The van der Waals surface area contributed by atoms with Gasteiger partial charge in [0.05, 0.1) is 6.10 Å². The first-order chi connectivity index (χ1) is 5.26. The van der Waals surface area contributed by atoms with E-state index in [9.17, 15) is 0 Å². The van der Waals surface area contributed by atoms with Gasteiger partial charge in [-0.05, 0) is 19.8 Å². The van der Waals surface area contributed by atoms with Crippen molar-refractivity contribution in [2.75, 3.05) is 6.61 Å². The Morgan fingerprint density at radius 2 is 1.91 bits per heavy atom. The summed E-state index contributed by atoms with van der Waals surface area (Å²) in [5, 5.41) is 0. The van der Waals surface area contributed by atoms with E-state index in [1.165, 1.54) is 6.42 Å². The van der Waals surface area contributed by atoms with E-state index in [4.69, 9.17) is 4.74 Å². The number of hydrogen-bond acceptors (Lipinski definition) is 1. The number of alkyl halides is 1. The summed E-state index contributed by atoms with van der Waals surface area (Å²) in [6.45, 7) is 7.26. The van der Waals surface area contributed by atoms with Crippen LogP contribution >= 0.6 is 15.9 Å². The minimum absolute atomic E-state index is 0.412. The number of rotatable bonds is 6. The zero-order valence-electron chi connectivity index (χ0n) is 7.77. The number of ether oxygens (including phenoxy) is 1. The summed E-state index contributed by atoms with van der Waals surface area (Å²) >= 11 is 3.62. The van der Waals surface area contributed by atoms with Gasteiger partial charge in [-0.3, -0.25) is 0 Å². The maximum absolute atomic E-state index is 5.59. The Labute approximate surface area is 78.6 Å². The quantitative estimate of drug-likeness (QED) is 0.627. The molecule has 0 saturated heterocycles. The first-order valence-electron chi connectivity index (χ1n) is 4.51. The van der Waals surface area contributed by atoms with Crippen LogP contribution < -0.4 is 0 Å². The normalized spacial score (nSPS) is 16.4. The molecule has 68 valence electrons. The highest BCUT2D eigenvalue weighted by molar-refractivity contribution is 9.09. The minimum atomic E-state index is 0.412. The van der Waals surface area contributed by atoms with Crippen LogP contribution in [0.2, 0.25) is 0 Å². The van der Waals surface area contributed by atoms with E-state index < -0.39 is 0 Å². The SMILES string of the molecule is CCCC(OCC)C(Br)CC. The molecule has 0 bridgehead atoms. The molecule has 0 spiro atoms. The van der Waals surface area contributed by atoms with Gasteiger partial charge >= 0.3 is 0 Å². The van der Waals surface area contributed by atoms with Gasteiger partial charge in [-0.25, -0.2) is 0 Å². The van der Waals surface area contributed by atoms with Crippen molar-refractivity contribution < 1.29 is 4.74 Å². The molecule has 2 heteroatoms. The monoisotopic (exact) mass is 222 g/mol. The summed E-state index contributed by atoms with van der Waals surface area (Å²) in [5.41, 5.74) is 0. The van der Waals surface area contributed by atoms with Crippen molar-refractivity contribution in [3.63, 3.8) is 0 Å². The fraction of sp³-hybridized carbons (Fsp3) is 1.00. The lowest BCUT2D eigenvalue weighted by Gasteiger charge is -2.20. The Bertz CT molecular complexity index is 79.6. The minimum Gasteiger partial charge on any atom is -0.377 e. The largest absolute Gasteiger partial charge is 0.377 e. The molecule has 0 amide bonds. The molecular formula is C9H19BrO. The fourth-order valence-electron chi connectivity index (χ4n) is 1.13. The first kappa shape index (κ1) is 11.4. The molecule has 0 aliphatic rings. The van der Waals surface area contributed by atoms with Crippen molar-refractivity contribution in [2.45, 2.75) is 51.0 Å². The van der Waals surface area contributed by atoms with Crippen LogP contribution in [0.1, 0.15) is 40.0 Å². The molecule has 0 aliphatic heterocycles. The highest BCUT2D eigenvalue weighted by Crippen LogP contribution is 2.17. The average molecular weight is 223 g/mol. The van der Waals surface area contributed by atoms with Gasteiger partial charge in [-0.15, -0.1) is 0 Å². The van der Waals surface area contributed by atoms with Gasteiger partial charge in [0.15, 0.2) is 0 Å². The Balaban J connectivity index is 3.66. The van der Waals surface area contributed by atoms with Gasteiger partial charge in [0.25, 0.3) is 0 Å². The van der Waals surface area contributed by atoms with Crippen LogP contribution in [0.4, 0.5) is 0 Å². The van der Waals surface area contributed by atoms with Crippen molar-refractivity contribution in [1.29, 1.82) is 0 Å². The zero-order valence-corrected chi connectivity index (χ0v) is 9.36. The van der Waals surface area contributed by atoms with E-state index in [0.717, 1.165) is 19.4 Å². The molecular weight excluding hydrogens is 204 g/mol. The summed E-state index contributed by atoms with van der Waals surface area (Å²) in [6, 6.07) is 0. The molecule has 0 aromatic rings. The predicted octanol–water partition coefficient (Wildman–Crippen LogP) is 3.37. The molecule has 0 fully saturated rings. The molecule has 0 rings (SSSR count). The first-order valence-corrected chi connectivity index (χ1v) is 5.43. The van der Waals surface area contributed by atoms with Gasteiger partial charge in [0.1, 0.15) is 0 Å². The molecule has 0 heterocycles. The highest BCUT2D eigenvalue weighted by Gasteiger charge is 2.15. The van der Waals surface area contributed by atoms with Crippen molar-refractivity contribution in [2.24, 2.45) is 0 Å². The van der Waals surface area contributed by atoms with Crippen molar-refractivity contribution in [3.05, 3.63) is 0 Å².